The van der Waals surface area contributed by atoms with Gasteiger partial charge in [0.15, 0.2) is 11.5 Å². The standard InChI is InChI=1S/C27H30N2O5/c1-5-34-23-13-11-20(16-18(23)2)26(30)29-22-9-7-6-8-21(22)27(31)28-15-14-19-10-12-24(32-3)25(17-19)33-4/h6-13,16-17H,5,14-15H2,1-4H3,(H,28,31)(H,29,30). The predicted molar refractivity (Wildman–Crippen MR) is 132 cm³/mol. The number of aryl methyl sites for hydroxylation is 1. The molecule has 2 amide bonds. The fourth-order valence-electron chi connectivity index (χ4n) is 3.54. The molecule has 0 spiro atoms. The molecule has 0 aliphatic rings. The van der Waals surface area contributed by atoms with Crippen LogP contribution in [-0.2, 0) is 6.42 Å². The molecule has 178 valence electrons. The summed E-state index contributed by atoms with van der Waals surface area (Å²) in [5.41, 5.74) is 3.21. The molecule has 0 heterocycles. The summed E-state index contributed by atoms with van der Waals surface area (Å²) in [7, 11) is 3.17. The van der Waals surface area contributed by atoms with Crippen molar-refractivity contribution in [1.82, 2.24) is 5.32 Å². The molecule has 0 aliphatic carbocycles. The maximum absolute atomic E-state index is 12.8. The first kappa shape index (κ1) is 24.6. The Kier molecular flexibility index (Phi) is 8.51. The summed E-state index contributed by atoms with van der Waals surface area (Å²) in [4.78, 5) is 25.7. The molecular formula is C27H30N2O5. The molecule has 3 aromatic carbocycles. The second-order valence-electron chi connectivity index (χ2n) is 7.61. The number of hydrogen-bond acceptors (Lipinski definition) is 5. The first-order valence-electron chi connectivity index (χ1n) is 11.1. The van der Waals surface area contributed by atoms with Crippen LogP contribution in [0.15, 0.2) is 60.7 Å². The molecular weight excluding hydrogens is 432 g/mol. The van der Waals surface area contributed by atoms with Crippen LogP contribution in [0.5, 0.6) is 17.2 Å². The summed E-state index contributed by atoms with van der Waals surface area (Å²) in [6, 6.07) is 17.8. The van der Waals surface area contributed by atoms with Crippen LogP contribution in [0.3, 0.4) is 0 Å². The molecule has 7 nitrogen and oxygen atoms in total. The van der Waals surface area contributed by atoms with Crippen molar-refractivity contribution in [1.29, 1.82) is 0 Å². The van der Waals surface area contributed by atoms with Crippen molar-refractivity contribution in [2.75, 3.05) is 32.7 Å². The molecule has 0 bridgehead atoms. The van der Waals surface area contributed by atoms with E-state index in [0.717, 1.165) is 16.9 Å². The highest BCUT2D eigenvalue weighted by Gasteiger charge is 2.15. The lowest BCUT2D eigenvalue weighted by Crippen LogP contribution is -2.27. The van der Waals surface area contributed by atoms with E-state index in [0.29, 0.717) is 47.9 Å². The second-order valence-corrected chi connectivity index (χ2v) is 7.61. The Labute approximate surface area is 200 Å². The molecule has 0 aromatic heterocycles. The Balaban J connectivity index is 1.65. The Morgan fingerprint density at radius 1 is 0.853 bits per heavy atom. The predicted octanol–water partition coefficient (Wildman–Crippen LogP) is 4.64. The van der Waals surface area contributed by atoms with E-state index in [1.807, 2.05) is 32.0 Å². The minimum atomic E-state index is -0.295. The molecule has 2 N–H and O–H groups in total. The van der Waals surface area contributed by atoms with Crippen LogP contribution >= 0.6 is 0 Å². The lowest BCUT2D eigenvalue weighted by molar-refractivity contribution is 0.0955. The molecule has 3 aromatic rings. The number of amides is 2. The molecule has 0 aliphatic heterocycles. The molecule has 0 saturated heterocycles. The Morgan fingerprint density at radius 2 is 1.59 bits per heavy atom. The molecule has 0 radical (unpaired) electrons. The molecule has 3 rings (SSSR count). The number of benzene rings is 3. The average molecular weight is 463 g/mol. The van der Waals surface area contributed by atoms with Crippen LogP contribution < -0.4 is 24.8 Å². The fraction of sp³-hybridized carbons (Fsp3) is 0.259. The summed E-state index contributed by atoms with van der Waals surface area (Å²) in [5.74, 6) is 1.48. The first-order valence-corrected chi connectivity index (χ1v) is 11.1. The number of rotatable bonds is 10. The van der Waals surface area contributed by atoms with Gasteiger partial charge in [0.25, 0.3) is 11.8 Å². The highest BCUT2D eigenvalue weighted by atomic mass is 16.5. The summed E-state index contributed by atoms with van der Waals surface area (Å²) >= 11 is 0. The number of para-hydroxylation sites is 1. The number of hydrogen-bond donors (Lipinski definition) is 2. The van der Waals surface area contributed by atoms with Crippen molar-refractivity contribution in [2.45, 2.75) is 20.3 Å². The molecule has 0 fully saturated rings. The number of methoxy groups -OCH3 is 2. The minimum Gasteiger partial charge on any atom is -0.494 e. The van der Waals surface area contributed by atoms with E-state index in [9.17, 15) is 9.59 Å². The number of carbonyl (C=O) groups is 2. The molecule has 0 atom stereocenters. The van der Waals surface area contributed by atoms with Gasteiger partial charge in [-0.15, -0.1) is 0 Å². The number of carbonyl (C=O) groups excluding carboxylic acids is 2. The van der Waals surface area contributed by atoms with Gasteiger partial charge in [0.05, 0.1) is 32.1 Å². The van der Waals surface area contributed by atoms with Crippen LogP contribution in [0.25, 0.3) is 0 Å². The Bertz CT molecular complexity index is 1160. The van der Waals surface area contributed by atoms with Crippen molar-refractivity contribution in [3.05, 3.63) is 82.9 Å². The van der Waals surface area contributed by atoms with Gasteiger partial charge < -0.3 is 24.8 Å². The number of nitrogens with one attached hydrogen (secondary N) is 2. The SMILES string of the molecule is CCOc1ccc(C(=O)Nc2ccccc2C(=O)NCCc2ccc(OC)c(OC)c2)cc1C. The highest BCUT2D eigenvalue weighted by molar-refractivity contribution is 6.09. The van der Waals surface area contributed by atoms with E-state index in [-0.39, 0.29) is 11.8 Å². The van der Waals surface area contributed by atoms with Gasteiger partial charge in [-0.05, 0) is 73.9 Å². The normalized spacial score (nSPS) is 10.4. The second kappa shape index (κ2) is 11.7. The van der Waals surface area contributed by atoms with Gasteiger partial charge in [0.2, 0.25) is 0 Å². The Hall–Kier alpha value is -4.00. The van der Waals surface area contributed by atoms with Gasteiger partial charge in [-0.1, -0.05) is 18.2 Å². The fourth-order valence-corrected chi connectivity index (χ4v) is 3.54. The molecule has 34 heavy (non-hydrogen) atoms. The lowest BCUT2D eigenvalue weighted by Gasteiger charge is -2.13. The summed E-state index contributed by atoms with van der Waals surface area (Å²) in [6.45, 7) is 4.78. The quantitative estimate of drug-likeness (QED) is 0.459. The zero-order valence-electron chi connectivity index (χ0n) is 19.9. The van der Waals surface area contributed by atoms with Gasteiger partial charge >= 0.3 is 0 Å². The largest absolute Gasteiger partial charge is 0.494 e. The topological polar surface area (TPSA) is 85.9 Å². The monoisotopic (exact) mass is 462 g/mol. The van der Waals surface area contributed by atoms with Crippen LogP contribution in [0.4, 0.5) is 5.69 Å². The van der Waals surface area contributed by atoms with Gasteiger partial charge in [0.1, 0.15) is 5.75 Å². The summed E-state index contributed by atoms with van der Waals surface area (Å²) in [5, 5.41) is 5.77. The maximum Gasteiger partial charge on any atom is 0.255 e. The van der Waals surface area contributed by atoms with Crippen LogP contribution in [-0.4, -0.2) is 39.2 Å². The first-order chi connectivity index (χ1) is 16.5. The summed E-state index contributed by atoms with van der Waals surface area (Å²) < 4.78 is 16.1. The van der Waals surface area contributed by atoms with E-state index >= 15 is 0 Å². The van der Waals surface area contributed by atoms with Gasteiger partial charge in [-0.2, -0.15) is 0 Å². The third-order valence-corrected chi connectivity index (χ3v) is 5.30. The van der Waals surface area contributed by atoms with Gasteiger partial charge in [0, 0.05) is 12.1 Å². The van der Waals surface area contributed by atoms with E-state index in [4.69, 9.17) is 14.2 Å². The number of anilines is 1. The van der Waals surface area contributed by atoms with Gasteiger partial charge in [-0.25, -0.2) is 0 Å². The van der Waals surface area contributed by atoms with Crippen molar-refractivity contribution in [2.24, 2.45) is 0 Å². The highest BCUT2D eigenvalue weighted by Crippen LogP contribution is 2.27. The average Bonchev–Trinajstić information content (AvgIpc) is 2.85. The minimum absolute atomic E-state index is 0.265. The maximum atomic E-state index is 12.8. The third-order valence-electron chi connectivity index (χ3n) is 5.30. The van der Waals surface area contributed by atoms with E-state index in [1.165, 1.54) is 0 Å². The van der Waals surface area contributed by atoms with Crippen molar-refractivity contribution < 1.29 is 23.8 Å². The van der Waals surface area contributed by atoms with E-state index in [2.05, 4.69) is 10.6 Å². The van der Waals surface area contributed by atoms with Crippen molar-refractivity contribution in [3.63, 3.8) is 0 Å². The van der Waals surface area contributed by atoms with Crippen molar-refractivity contribution >= 4 is 17.5 Å². The van der Waals surface area contributed by atoms with Crippen LogP contribution in [0.1, 0.15) is 38.8 Å². The van der Waals surface area contributed by atoms with Crippen LogP contribution in [0, 0.1) is 6.92 Å². The molecule has 7 heteroatoms. The lowest BCUT2D eigenvalue weighted by atomic mass is 10.1. The number of ether oxygens (including phenoxy) is 3. The molecule has 0 saturated carbocycles. The zero-order valence-corrected chi connectivity index (χ0v) is 19.9. The van der Waals surface area contributed by atoms with E-state index in [1.54, 1.807) is 56.7 Å². The smallest absolute Gasteiger partial charge is 0.255 e. The molecule has 0 unspecified atom stereocenters. The third kappa shape index (κ3) is 6.07. The Morgan fingerprint density at radius 3 is 2.29 bits per heavy atom. The zero-order chi connectivity index (χ0) is 24.5. The van der Waals surface area contributed by atoms with Gasteiger partial charge in [-0.3, -0.25) is 9.59 Å². The van der Waals surface area contributed by atoms with Crippen LogP contribution in [0.2, 0.25) is 0 Å². The van der Waals surface area contributed by atoms with E-state index < -0.39 is 0 Å². The summed E-state index contributed by atoms with van der Waals surface area (Å²) in [6.07, 6.45) is 0.617. The van der Waals surface area contributed by atoms with Crippen molar-refractivity contribution in [3.8, 4) is 17.2 Å².